The summed E-state index contributed by atoms with van der Waals surface area (Å²) in [6, 6.07) is 1.95. The number of hydrogen-bond donors (Lipinski definition) is 1. The molecule has 2 nitrogen and oxygen atoms in total. The van der Waals surface area contributed by atoms with Gasteiger partial charge in [-0.05, 0) is 22.0 Å². The summed E-state index contributed by atoms with van der Waals surface area (Å²) in [7, 11) is 0. The highest BCUT2D eigenvalue weighted by Gasteiger charge is 2.15. The summed E-state index contributed by atoms with van der Waals surface area (Å²) in [5.41, 5.74) is -0.143. The van der Waals surface area contributed by atoms with Crippen LogP contribution in [0.4, 0.5) is 14.5 Å². The fourth-order valence-electron chi connectivity index (χ4n) is 1.09. The van der Waals surface area contributed by atoms with Crippen molar-refractivity contribution in [3.05, 3.63) is 28.2 Å². The van der Waals surface area contributed by atoms with Crippen molar-refractivity contribution < 1.29 is 13.6 Å². The Kier molecular flexibility index (Phi) is 5.16. The van der Waals surface area contributed by atoms with Crippen LogP contribution in [-0.2, 0) is 4.79 Å². The molecule has 1 aromatic rings. The zero-order chi connectivity index (χ0) is 13.9. The molecule has 1 rings (SSSR count). The zero-order valence-electron chi connectivity index (χ0n) is 10.3. The lowest BCUT2D eigenvalue weighted by Gasteiger charge is -2.17. The molecule has 6 heteroatoms. The molecular formula is C12H14BrF2NOS. The van der Waals surface area contributed by atoms with Crippen molar-refractivity contribution in [2.75, 3.05) is 11.1 Å². The number of carbonyl (C=O) groups is 1. The lowest BCUT2D eigenvalue weighted by molar-refractivity contribution is -0.113. The highest BCUT2D eigenvalue weighted by atomic mass is 79.9. The average molecular weight is 338 g/mol. The molecule has 0 saturated heterocycles. The van der Waals surface area contributed by atoms with Crippen LogP contribution in [0.3, 0.4) is 0 Å². The summed E-state index contributed by atoms with van der Waals surface area (Å²) >= 11 is 4.31. The van der Waals surface area contributed by atoms with Gasteiger partial charge >= 0.3 is 0 Å². The largest absolute Gasteiger partial charge is 0.323 e. The summed E-state index contributed by atoms with van der Waals surface area (Å²) in [6.07, 6.45) is 0. The number of halogens is 3. The van der Waals surface area contributed by atoms with E-state index in [1.54, 1.807) is 0 Å². The van der Waals surface area contributed by atoms with Crippen molar-refractivity contribution in [1.82, 2.24) is 0 Å². The number of benzene rings is 1. The number of thioether (sulfide) groups is 1. The predicted octanol–water partition coefficient (Wildman–Crippen LogP) is 4.20. The van der Waals surface area contributed by atoms with E-state index in [0.717, 1.165) is 12.1 Å². The molecule has 0 aliphatic carbocycles. The fourth-order valence-corrected chi connectivity index (χ4v) is 2.04. The van der Waals surface area contributed by atoms with E-state index in [9.17, 15) is 13.6 Å². The second kappa shape index (κ2) is 6.02. The minimum Gasteiger partial charge on any atom is -0.323 e. The monoisotopic (exact) mass is 337 g/mol. The third-order valence-electron chi connectivity index (χ3n) is 1.92. The van der Waals surface area contributed by atoms with E-state index >= 15 is 0 Å². The Labute approximate surface area is 118 Å². The Bertz CT molecular complexity index is 460. The number of nitrogens with one attached hydrogen (secondary N) is 1. The molecule has 0 fully saturated rings. The first kappa shape index (κ1) is 15.4. The maximum atomic E-state index is 13.4. The van der Waals surface area contributed by atoms with E-state index in [0.29, 0.717) is 0 Å². The second-order valence-corrected chi connectivity index (χ2v) is 7.35. The first-order chi connectivity index (χ1) is 8.19. The summed E-state index contributed by atoms with van der Waals surface area (Å²) < 4.78 is 26.6. The fraction of sp³-hybridized carbons (Fsp3) is 0.417. The minimum atomic E-state index is -0.669. The Morgan fingerprint density at radius 1 is 1.33 bits per heavy atom. The molecule has 1 N–H and O–H groups in total. The molecular weight excluding hydrogens is 324 g/mol. The normalized spacial score (nSPS) is 11.4. The van der Waals surface area contributed by atoms with Crippen molar-refractivity contribution in [2.45, 2.75) is 25.5 Å². The van der Waals surface area contributed by atoms with Gasteiger partial charge in [-0.15, -0.1) is 11.8 Å². The summed E-state index contributed by atoms with van der Waals surface area (Å²) in [5.74, 6) is -1.44. The molecule has 0 saturated carbocycles. The Hall–Kier alpha value is -0.620. The van der Waals surface area contributed by atoms with Gasteiger partial charge in [0.2, 0.25) is 5.91 Å². The van der Waals surface area contributed by atoms with Gasteiger partial charge in [0.25, 0.3) is 0 Å². The lowest BCUT2D eigenvalue weighted by Crippen LogP contribution is -2.19. The van der Waals surface area contributed by atoms with Gasteiger partial charge in [0.15, 0.2) is 0 Å². The smallest absolute Gasteiger partial charge is 0.234 e. The van der Waals surface area contributed by atoms with Crippen LogP contribution in [0.1, 0.15) is 20.8 Å². The Balaban J connectivity index is 2.68. The second-order valence-electron chi connectivity index (χ2n) is 4.70. The van der Waals surface area contributed by atoms with E-state index in [4.69, 9.17) is 0 Å². The van der Waals surface area contributed by atoms with Gasteiger partial charge in [-0.2, -0.15) is 0 Å². The van der Waals surface area contributed by atoms with Crippen LogP contribution in [0.15, 0.2) is 16.6 Å². The molecule has 100 valence electrons. The predicted molar refractivity (Wildman–Crippen MR) is 74.9 cm³/mol. The molecule has 0 unspecified atom stereocenters. The average Bonchev–Trinajstić information content (AvgIpc) is 2.22. The highest BCUT2D eigenvalue weighted by molar-refractivity contribution is 9.10. The molecule has 0 heterocycles. The maximum Gasteiger partial charge on any atom is 0.234 e. The van der Waals surface area contributed by atoms with Crippen molar-refractivity contribution in [3.8, 4) is 0 Å². The molecule has 1 aromatic carbocycles. The lowest BCUT2D eigenvalue weighted by atomic mass is 10.3. The van der Waals surface area contributed by atoms with Crippen molar-refractivity contribution in [2.24, 2.45) is 0 Å². The first-order valence-corrected chi connectivity index (χ1v) is 7.05. The van der Waals surface area contributed by atoms with Crippen LogP contribution in [0, 0.1) is 11.6 Å². The number of anilines is 1. The van der Waals surface area contributed by atoms with E-state index < -0.39 is 11.6 Å². The van der Waals surface area contributed by atoms with Crippen LogP contribution in [0.5, 0.6) is 0 Å². The van der Waals surface area contributed by atoms with E-state index in [2.05, 4.69) is 21.2 Å². The van der Waals surface area contributed by atoms with Gasteiger partial charge in [-0.25, -0.2) is 8.78 Å². The van der Waals surface area contributed by atoms with Crippen LogP contribution in [0.2, 0.25) is 0 Å². The summed E-state index contributed by atoms with van der Waals surface area (Å²) in [6.45, 7) is 5.93. The molecule has 0 aromatic heterocycles. The Morgan fingerprint density at radius 3 is 2.50 bits per heavy atom. The van der Waals surface area contributed by atoms with Crippen molar-refractivity contribution in [1.29, 1.82) is 0 Å². The molecule has 0 bridgehead atoms. The van der Waals surface area contributed by atoms with E-state index in [1.165, 1.54) is 11.8 Å². The van der Waals surface area contributed by atoms with Crippen LogP contribution in [0.25, 0.3) is 0 Å². The summed E-state index contributed by atoms with van der Waals surface area (Å²) in [4.78, 5) is 11.6. The molecule has 0 radical (unpaired) electrons. The number of rotatable bonds is 3. The zero-order valence-corrected chi connectivity index (χ0v) is 12.7. The number of amides is 1. The number of carbonyl (C=O) groups excluding carboxylic acids is 1. The molecule has 0 atom stereocenters. The molecule has 1 amide bonds. The van der Waals surface area contributed by atoms with Crippen LogP contribution < -0.4 is 5.32 Å². The minimum absolute atomic E-state index is 0.0297. The van der Waals surface area contributed by atoms with Gasteiger partial charge in [0, 0.05) is 10.8 Å². The molecule has 0 aliphatic heterocycles. The van der Waals surface area contributed by atoms with Gasteiger partial charge in [-0.1, -0.05) is 20.8 Å². The van der Waals surface area contributed by atoms with Crippen molar-refractivity contribution in [3.63, 3.8) is 0 Å². The molecule has 0 aliphatic rings. The van der Waals surface area contributed by atoms with Gasteiger partial charge in [0.1, 0.15) is 11.6 Å². The van der Waals surface area contributed by atoms with Crippen LogP contribution >= 0.6 is 27.7 Å². The Morgan fingerprint density at radius 2 is 1.94 bits per heavy atom. The first-order valence-electron chi connectivity index (χ1n) is 5.27. The topological polar surface area (TPSA) is 29.1 Å². The van der Waals surface area contributed by atoms with Gasteiger partial charge < -0.3 is 5.32 Å². The van der Waals surface area contributed by atoms with E-state index in [1.807, 2.05) is 20.8 Å². The third-order valence-corrected chi connectivity index (χ3v) is 3.80. The van der Waals surface area contributed by atoms with Gasteiger partial charge in [-0.3, -0.25) is 4.79 Å². The van der Waals surface area contributed by atoms with Gasteiger partial charge in [0.05, 0.1) is 15.9 Å². The van der Waals surface area contributed by atoms with Crippen molar-refractivity contribution >= 4 is 39.3 Å². The highest BCUT2D eigenvalue weighted by Crippen LogP contribution is 2.25. The number of hydrogen-bond acceptors (Lipinski definition) is 2. The molecule has 18 heavy (non-hydrogen) atoms. The maximum absolute atomic E-state index is 13.4. The summed E-state index contributed by atoms with van der Waals surface area (Å²) in [5, 5.41) is 2.36. The quantitative estimate of drug-likeness (QED) is 0.837. The third kappa shape index (κ3) is 4.94. The van der Waals surface area contributed by atoms with Crippen LogP contribution in [-0.4, -0.2) is 16.4 Å². The van der Waals surface area contributed by atoms with E-state index in [-0.39, 0.29) is 26.6 Å². The standard InChI is InChI=1S/C12H14BrF2NOS/c1-12(2,3)18-6-11(17)16-10-5-8(14)7(13)4-9(10)15/h4-5H,6H2,1-3H3,(H,16,17). The SMILES string of the molecule is CC(C)(C)SCC(=O)Nc1cc(F)c(Br)cc1F. The molecule has 0 spiro atoms.